The van der Waals surface area contributed by atoms with Crippen LogP contribution in [0.1, 0.15) is 28.4 Å². The third kappa shape index (κ3) is 6.40. The first-order valence-electron chi connectivity index (χ1n) is 10.3. The Morgan fingerprint density at radius 1 is 0.938 bits per heavy atom. The van der Waals surface area contributed by atoms with E-state index in [1.807, 2.05) is 19.1 Å². The molecule has 9 heteroatoms. The molecule has 32 heavy (non-hydrogen) atoms. The van der Waals surface area contributed by atoms with Crippen LogP contribution in [0.25, 0.3) is 0 Å². The number of piperazine rings is 1. The Kier molecular flexibility index (Phi) is 7.29. The first kappa shape index (κ1) is 23.5. The second kappa shape index (κ2) is 9.95. The summed E-state index contributed by atoms with van der Waals surface area (Å²) >= 11 is 0. The monoisotopic (exact) mass is 457 g/mol. The molecule has 8 nitrogen and oxygen atoms in total. The largest absolute Gasteiger partial charge is 0.339 e. The summed E-state index contributed by atoms with van der Waals surface area (Å²) in [5.74, 6) is -1.82. The van der Waals surface area contributed by atoms with E-state index in [1.165, 1.54) is 6.92 Å². The Morgan fingerprint density at radius 2 is 1.56 bits per heavy atom. The van der Waals surface area contributed by atoms with Crippen molar-refractivity contribution in [1.82, 2.24) is 9.80 Å². The van der Waals surface area contributed by atoms with Gasteiger partial charge in [0.2, 0.25) is 11.8 Å². The molecule has 1 heterocycles. The molecule has 1 aliphatic heterocycles. The zero-order valence-electron chi connectivity index (χ0n) is 18.2. The highest BCUT2D eigenvalue weighted by Crippen LogP contribution is 2.15. The van der Waals surface area contributed by atoms with Gasteiger partial charge in [-0.2, -0.15) is 0 Å². The topological polar surface area (TPSA) is 104 Å². The number of rotatable bonds is 6. The van der Waals surface area contributed by atoms with Crippen LogP contribution in [0, 0.1) is 6.92 Å². The lowest BCUT2D eigenvalue weighted by Crippen LogP contribution is -2.50. The van der Waals surface area contributed by atoms with Crippen LogP contribution in [0.5, 0.6) is 0 Å². The average molecular weight is 458 g/mol. The summed E-state index contributed by atoms with van der Waals surface area (Å²) in [6, 6.07) is 13.5. The second-order valence-electron chi connectivity index (χ2n) is 7.95. The summed E-state index contributed by atoms with van der Waals surface area (Å²) in [4.78, 5) is 39.8. The Hall–Kier alpha value is -3.20. The number of amides is 3. The van der Waals surface area contributed by atoms with E-state index in [4.69, 9.17) is 0 Å². The van der Waals surface area contributed by atoms with Gasteiger partial charge in [-0.1, -0.05) is 29.8 Å². The van der Waals surface area contributed by atoms with E-state index >= 15 is 0 Å². The molecule has 2 aromatic carbocycles. The van der Waals surface area contributed by atoms with Crippen molar-refractivity contribution in [2.24, 2.45) is 0 Å². The molecule has 0 aliphatic carbocycles. The standard InChI is InChI=1S/C23H27N3O5S/c1-17-6-8-21(9-7-17)24-22(28)16-32(30,31)15-19-4-3-5-20(14-19)23(29)26-12-10-25(11-13-26)18(2)27/h3-9,14H,10-13,15-16H2,1-2H3,(H,24,28). The van der Waals surface area contributed by atoms with E-state index in [0.29, 0.717) is 43.0 Å². The zero-order chi connectivity index (χ0) is 23.3. The molecule has 1 saturated heterocycles. The molecule has 0 unspecified atom stereocenters. The lowest BCUT2D eigenvalue weighted by atomic mass is 10.1. The van der Waals surface area contributed by atoms with Crippen LogP contribution in [-0.4, -0.2) is 67.9 Å². The van der Waals surface area contributed by atoms with Crippen molar-refractivity contribution < 1.29 is 22.8 Å². The molecule has 3 amide bonds. The van der Waals surface area contributed by atoms with E-state index < -0.39 is 21.5 Å². The van der Waals surface area contributed by atoms with Crippen LogP contribution in [0.2, 0.25) is 0 Å². The summed E-state index contributed by atoms with van der Waals surface area (Å²) in [7, 11) is -3.73. The molecule has 2 aromatic rings. The van der Waals surface area contributed by atoms with Gasteiger partial charge in [0.15, 0.2) is 9.84 Å². The maximum Gasteiger partial charge on any atom is 0.253 e. The molecule has 0 bridgehead atoms. The first-order chi connectivity index (χ1) is 15.1. The van der Waals surface area contributed by atoms with Crippen molar-refractivity contribution in [1.29, 1.82) is 0 Å². The minimum absolute atomic E-state index is 0.0179. The number of aryl methyl sites for hydroxylation is 1. The molecule has 0 spiro atoms. The molecule has 1 N–H and O–H groups in total. The Labute approximate surface area is 188 Å². The molecule has 170 valence electrons. The van der Waals surface area contributed by atoms with E-state index in [0.717, 1.165) is 5.56 Å². The number of sulfone groups is 1. The van der Waals surface area contributed by atoms with Crippen LogP contribution in [0.15, 0.2) is 48.5 Å². The van der Waals surface area contributed by atoms with Crippen molar-refractivity contribution in [2.75, 3.05) is 37.2 Å². The molecular weight excluding hydrogens is 430 g/mol. The van der Waals surface area contributed by atoms with Crippen molar-refractivity contribution in [2.45, 2.75) is 19.6 Å². The Bertz CT molecular complexity index is 1100. The predicted octanol–water partition coefficient (Wildman–Crippen LogP) is 1.85. The maximum atomic E-state index is 12.8. The van der Waals surface area contributed by atoms with Gasteiger partial charge >= 0.3 is 0 Å². The molecule has 1 fully saturated rings. The van der Waals surface area contributed by atoms with Gasteiger partial charge in [0, 0.05) is 44.4 Å². The van der Waals surface area contributed by atoms with Gasteiger partial charge in [-0.25, -0.2) is 8.42 Å². The van der Waals surface area contributed by atoms with Crippen molar-refractivity contribution in [3.05, 3.63) is 65.2 Å². The number of nitrogens with zero attached hydrogens (tertiary/aromatic N) is 2. The highest BCUT2D eigenvalue weighted by atomic mass is 32.2. The number of hydrogen-bond donors (Lipinski definition) is 1. The molecule has 1 aliphatic rings. The van der Waals surface area contributed by atoms with Gasteiger partial charge in [-0.05, 0) is 36.8 Å². The van der Waals surface area contributed by atoms with Crippen LogP contribution in [0.4, 0.5) is 5.69 Å². The number of hydrogen-bond acceptors (Lipinski definition) is 5. The van der Waals surface area contributed by atoms with Gasteiger partial charge in [-0.15, -0.1) is 0 Å². The first-order valence-corrected chi connectivity index (χ1v) is 12.2. The number of carbonyl (C=O) groups is 3. The smallest absolute Gasteiger partial charge is 0.253 e. The SMILES string of the molecule is CC(=O)N1CCN(C(=O)c2cccc(CS(=O)(=O)CC(=O)Nc3ccc(C)cc3)c2)CC1. The lowest BCUT2D eigenvalue weighted by molar-refractivity contribution is -0.130. The molecule has 0 radical (unpaired) electrons. The van der Waals surface area contributed by atoms with E-state index in [1.54, 1.807) is 46.2 Å². The number of anilines is 1. The second-order valence-corrected chi connectivity index (χ2v) is 10.0. The Morgan fingerprint density at radius 3 is 2.19 bits per heavy atom. The molecular formula is C23H27N3O5S. The van der Waals surface area contributed by atoms with Gasteiger partial charge in [0.25, 0.3) is 5.91 Å². The molecule has 0 saturated carbocycles. The highest BCUT2D eigenvalue weighted by Gasteiger charge is 2.24. The third-order valence-corrected chi connectivity index (χ3v) is 6.73. The maximum absolute atomic E-state index is 12.8. The van der Waals surface area contributed by atoms with Crippen molar-refractivity contribution in [3.63, 3.8) is 0 Å². The summed E-state index contributed by atoms with van der Waals surface area (Å²) in [5, 5.41) is 2.59. The Balaban J connectivity index is 1.60. The van der Waals surface area contributed by atoms with Crippen LogP contribution in [-0.2, 0) is 25.2 Å². The average Bonchev–Trinajstić information content (AvgIpc) is 2.74. The summed E-state index contributed by atoms with van der Waals surface area (Å²) in [6.45, 7) is 5.24. The summed E-state index contributed by atoms with van der Waals surface area (Å²) in [6.07, 6.45) is 0. The predicted molar refractivity (Wildman–Crippen MR) is 122 cm³/mol. The van der Waals surface area contributed by atoms with E-state index in [9.17, 15) is 22.8 Å². The highest BCUT2D eigenvalue weighted by molar-refractivity contribution is 7.91. The fourth-order valence-corrected chi connectivity index (χ4v) is 4.80. The van der Waals surface area contributed by atoms with Crippen LogP contribution < -0.4 is 5.32 Å². The third-order valence-electron chi connectivity index (χ3n) is 5.26. The minimum Gasteiger partial charge on any atom is -0.339 e. The van der Waals surface area contributed by atoms with Gasteiger partial charge in [0.1, 0.15) is 5.75 Å². The fraction of sp³-hybridized carbons (Fsp3) is 0.348. The summed E-state index contributed by atoms with van der Waals surface area (Å²) in [5.41, 5.74) is 2.40. The van der Waals surface area contributed by atoms with Crippen LogP contribution in [0.3, 0.4) is 0 Å². The summed E-state index contributed by atoms with van der Waals surface area (Å²) < 4.78 is 25.1. The molecule has 0 aromatic heterocycles. The van der Waals surface area contributed by atoms with Crippen LogP contribution >= 0.6 is 0 Å². The normalized spacial score (nSPS) is 14.2. The molecule has 0 atom stereocenters. The fourth-order valence-electron chi connectivity index (χ4n) is 3.54. The number of carbonyl (C=O) groups excluding carboxylic acids is 3. The van der Waals surface area contributed by atoms with Gasteiger partial charge in [0.05, 0.1) is 5.75 Å². The number of benzene rings is 2. The van der Waals surface area contributed by atoms with Gasteiger partial charge in [-0.3, -0.25) is 14.4 Å². The van der Waals surface area contributed by atoms with Gasteiger partial charge < -0.3 is 15.1 Å². The van der Waals surface area contributed by atoms with E-state index in [-0.39, 0.29) is 17.6 Å². The molecule has 3 rings (SSSR count). The number of nitrogens with one attached hydrogen (secondary N) is 1. The van der Waals surface area contributed by atoms with Crippen molar-refractivity contribution >= 4 is 33.2 Å². The quantitative estimate of drug-likeness (QED) is 0.713. The minimum atomic E-state index is -3.73. The van der Waals surface area contributed by atoms with Crippen molar-refractivity contribution in [3.8, 4) is 0 Å². The van der Waals surface area contributed by atoms with E-state index in [2.05, 4.69) is 5.32 Å². The lowest BCUT2D eigenvalue weighted by Gasteiger charge is -2.34. The zero-order valence-corrected chi connectivity index (χ0v) is 19.0.